The number of hydrogen-bond donors (Lipinski definition) is 13. The maximum atomic E-state index is 13.8. The second-order valence-corrected chi connectivity index (χ2v) is 35.0. The second-order valence-electron chi connectivity index (χ2n) is 29.6. The number of para-hydroxylation sites is 2. The number of nitro groups is 2. The number of nitrogens with zero attached hydrogens (tertiary/aromatic N) is 3. The van der Waals surface area contributed by atoms with Crippen LogP contribution in [0.3, 0.4) is 0 Å². The van der Waals surface area contributed by atoms with Crippen molar-refractivity contribution in [2.45, 2.75) is 237 Å². The average molecular weight is 1570 g/mol. The highest BCUT2D eigenvalue weighted by Gasteiger charge is 2.56. The van der Waals surface area contributed by atoms with Crippen molar-refractivity contribution >= 4 is 53.6 Å². The number of rotatable bonds is 25. The lowest BCUT2D eigenvalue weighted by atomic mass is 9.80. The SMILES string of the molecule is CNCC1=CC[C@@H](NC(=O)OC(C)(C)C)[C@@H](O[C@H]2[C@H](O)[C@@H](O[C@H]3OC[C@](C)(O)[C@H](N(C)S(C)(=O)=O)[C@H]3O)[C@H](NS(=O)(=O)c3ccccc3[N+](=O)[O-])C[C@@H]2C)O1.CNCC1=CC[C@@H](NC(=O)OC(C)(C)C)[C@@H](O[C@H]2[C@H](O)[C@@H](O[C@H]3OC[C@](C)(O)[C@H](NC)[C@H]3O)[C@H](NS(=O)(=O)c3ccccc3[N+](=O)[O-])C[C@@H]2C)O1. The van der Waals surface area contributed by atoms with E-state index in [0.717, 1.165) is 41.9 Å². The molecule has 0 spiro atoms. The average Bonchev–Trinajstić information content (AvgIpc) is 0.762. The molecule has 2 saturated heterocycles. The Morgan fingerprint density at radius 1 is 0.585 bits per heavy atom. The third kappa shape index (κ3) is 22.2. The molecule has 2 aromatic carbocycles. The molecule has 8 rings (SSSR count). The summed E-state index contributed by atoms with van der Waals surface area (Å²) in [6.07, 6.45) is -14.2. The topological polar surface area (TPSA) is 524 Å². The summed E-state index contributed by atoms with van der Waals surface area (Å²) in [6.45, 7) is 16.1. The number of alkyl carbamates (subject to hydrolysis) is 2. The molecule has 2 aliphatic carbocycles. The third-order valence-electron chi connectivity index (χ3n) is 18.3. The zero-order valence-corrected chi connectivity index (χ0v) is 64.2. The third-order valence-corrected chi connectivity index (χ3v) is 22.7. The fraction of sp³-hybridized carbons (Fsp3) is 0.723. The van der Waals surface area contributed by atoms with E-state index in [-0.39, 0.29) is 25.9 Å². The molecule has 0 aromatic heterocycles. The number of sulfonamides is 3. The van der Waals surface area contributed by atoms with Crippen LogP contribution >= 0.6 is 0 Å². The van der Waals surface area contributed by atoms with E-state index in [4.69, 9.17) is 47.4 Å². The number of ether oxygens (including phenoxy) is 10. The van der Waals surface area contributed by atoms with Crippen molar-refractivity contribution in [1.82, 2.24) is 40.3 Å². The lowest BCUT2D eigenvalue weighted by Crippen LogP contribution is -2.68. The number of aliphatic hydroxyl groups is 6. The van der Waals surface area contributed by atoms with Gasteiger partial charge in [-0.1, -0.05) is 38.1 Å². The van der Waals surface area contributed by atoms with Gasteiger partial charge in [-0.3, -0.25) is 20.2 Å². The second kappa shape index (κ2) is 35.3. The van der Waals surface area contributed by atoms with Crippen molar-refractivity contribution in [2.24, 2.45) is 11.8 Å². The van der Waals surface area contributed by atoms with Crippen LogP contribution in [0.25, 0.3) is 0 Å². The summed E-state index contributed by atoms with van der Waals surface area (Å²) < 4.78 is 145. The van der Waals surface area contributed by atoms with Crippen LogP contribution in [0.4, 0.5) is 21.0 Å². The molecule has 4 heterocycles. The van der Waals surface area contributed by atoms with Gasteiger partial charge in [-0.05, 0) is 138 Å². The fourth-order valence-electron chi connectivity index (χ4n) is 13.4. The molecule has 0 radical (unpaired) electrons. The van der Waals surface area contributed by atoms with Gasteiger partial charge in [-0.15, -0.1) is 0 Å². The maximum absolute atomic E-state index is 13.8. The van der Waals surface area contributed by atoms with E-state index in [1.54, 1.807) is 81.6 Å². The molecule has 22 atom stereocenters. The summed E-state index contributed by atoms with van der Waals surface area (Å²) in [7, 11) is -7.15. The van der Waals surface area contributed by atoms with Gasteiger partial charge in [-0.25, -0.2) is 44.3 Å². The first kappa shape index (κ1) is 87.2. The van der Waals surface area contributed by atoms with Gasteiger partial charge in [0.1, 0.15) is 70.5 Å². The summed E-state index contributed by atoms with van der Waals surface area (Å²) in [5.74, 6) is -0.276. The summed E-state index contributed by atoms with van der Waals surface area (Å²) in [4.78, 5) is 46.1. The Bertz CT molecular complexity index is 3790. The molecular formula is C65H104N10O28S3. The number of hydrogen-bond acceptors (Lipinski definition) is 31. The molecular weight excluding hydrogens is 1460 g/mol. The number of benzene rings is 2. The Morgan fingerprint density at radius 2 is 0.953 bits per heavy atom. The first-order valence-electron chi connectivity index (χ1n) is 34.3. The van der Waals surface area contributed by atoms with Gasteiger partial charge >= 0.3 is 12.2 Å². The van der Waals surface area contributed by atoms with Gasteiger partial charge < -0.3 is 105 Å². The van der Waals surface area contributed by atoms with Crippen molar-refractivity contribution in [3.63, 3.8) is 0 Å². The smallest absolute Gasteiger partial charge is 0.408 e. The molecule has 600 valence electrons. The molecule has 38 nitrogen and oxygen atoms in total. The molecule has 106 heavy (non-hydrogen) atoms. The predicted octanol–water partition coefficient (Wildman–Crippen LogP) is 0.0960. The van der Waals surface area contributed by atoms with Crippen LogP contribution in [0.2, 0.25) is 0 Å². The van der Waals surface area contributed by atoms with Crippen molar-refractivity contribution in [3.8, 4) is 0 Å². The summed E-state index contributed by atoms with van der Waals surface area (Å²) in [6, 6.07) is 2.92. The van der Waals surface area contributed by atoms with E-state index in [0.29, 0.717) is 31.0 Å². The van der Waals surface area contributed by atoms with Crippen LogP contribution in [-0.2, 0) is 77.4 Å². The van der Waals surface area contributed by atoms with Crippen LogP contribution in [0.15, 0.2) is 82.0 Å². The van der Waals surface area contributed by atoms with Crippen LogP contribution in [0.5, 0.6) is 0 Å². The Balaban J connectivity index is 0.000000297. The highest BCUT2D eigenvalue weighted by Crippen LogP contribution is 2.40. The largest absolute Gasteiger partial charge is 0.466 e. The minimum absolute atomic E-state index is 0.0155. The molecule has 4 aliphatic heterocycles. The van der Waals surface area contributed by atoms with E-state index in [1.807, 2.05) is 0 Å². The quantitative estimate of drug-likeness (QED) is 0.0463. The summed E-state index contributed by atoms with van der Waals surface area (Å²) >= 11 is 0. The van der Waals surface area contributed by atoms with Crippen molar-refractivity contribution in [2.75, 3.05) is 60.7 Å². The fourth-order valence-corrected chi connectivity index (χ4v) is 17.1. The van der Waals surface area contributed by atoms with Crippen molar-refractivity contribution < 1.29 is 123 Å². The van der Waals surface area contributed by atoms with E-state index in [2.05, 4.69) is 36.0 Å². The van der Waals surface area contributed by atoms with Crippen molar-refractivity contribution in [1.29, 1.82) is 0 Å². The Kier molecular flexibility index (Phi) is 29.1. The standard InChI is InChI=1S/C33H53N5O15S2.C32H51N5O13S/c1-18-15-21(36-55(47,48)23-12-10-9-11-22(23)38(43)44)27(52-30-25(40)28(33(5,42)17-49-30)37(7)54(8,45)46)24(39)26(18)51-29-20(14-13-19(50-29)16-34-6)35-31(41)53-32(2,3)4;1-17-14-20(36-51(44,45)22-11-9-8-10-21(22)37(42)43)26(49-29-24(39)27(34-7)32(5,41)16-46-29)23(38)25(17)48-28-19(13-12-18(47-28)15-33-6)35-30(40)50-31(2,3)4/h9-13,18,20-21,24-30,34,36,39-40,42H,14-17H2,1-8H3,(H,35,41);8-12,17,19-20,23-29,33-34,36,38-39,41H,13-16H2,1-7H3,(H,35,40)/t18-,20+,21+,24-,25+,26+,27-,28+,29+,30+,33-;17-,19+,20+,23-,24+,25+,26-,27+,28+,29+,32-/m00/s1. The van der Waals surface area contributed by atoms with Gasteiger partial charge in [0.2, 0.25) is 42.6 Å². The van der Waals surface area contributed by atoms with Gasteiger partial charge in [0.25, 0.3) is 11.4 Å². The van der Waals surface area contributed by atoms with E-state index in [1.165, 1.54) is 45.2 Å². The maximum Gasteiger partial charge on any atom is 0.408 e. The van der Waals surface area contributed by atoms with Gasteiger partial charge in [0.05, 0.1) is 90.9 Å². The molecule has 6 aliphatic rings. The lowest BCUT2D eigenvalue weighted by molar-refractivity contribution is -0.388. The van der Waals surface area contributed by atoms with Gasteiger partial charge in [0.15, 0.2) is 22.4 Å². The Hall–Kier alpha value is -6.01. The number of nitro benzene ring substituents is 2. The number of amides is 2. The number of likely N-dealkylation sites (N-methyl/N-ethyl adjacent to an activating group) is 4. The monoisotopic (exact) mass is 1570 g/mol. The highest BCUT2D eigenvalue weighted by molar-refractivity contribution is 7.90. The lowest BCUT2D eigenvalue weighted by Gasteiger charge is -2.50. The number of nitrogens with one attached hydrogen (secondary N) is 7. The van der Waals surface area contributed by atoms with Crippen LogP contribution in [0, 0.1) is 32.1 Å². The highest BCUT2D eigenvalue weighted by atomic mass is 32.2. The van der Waals surface area contributed by atoms with E-state index in [9.17, 15) is 85.7 Å². The predicted molar refractivity (Wildman–Crippen MR) is 375 cm³/mol. The number of carbonyl (C=O) groups excluding carboxylic acids is 2. The molecule has 41 heteroatoms. The van der Waals surface area contributed by atoms with Crippen LogP contribution < -0.4 is 36.0 Å². The first-order chi connectivity index (χ1) is 49.1. The van der Waals surface area contributed by atoms with E-state index < -0.39 is 224 Å². The van der Waals surface area contributed by atoms with Crippen molar-refractivity contribution in [3.05, 3.63) is 92.4 Å². The van der Waals surface area contributed by atoms with Crippen LogP contribution in [0.1, 0.15) is 94.9 Å². The molecule has 0 bridgehead atoms. The first-order valence-corrected chi connectivity index (χ1v) is 39.1. The molecule has 0 unspecified atom stereocenters. The molecule has 2 amide bonds. The van der Waals surface area contributed by atoms with Gasteiger partial charge in [-0.2, -0.15) is 4.31 Å². The molecule has 2 saturated carbocycles. The molecule has 4 fully saturated rings. The van der Waals surface area contributed by atoms with Gasteiger partial charge in [0, 0.05) is 19.2 Å². The Morgan fingerprint density at radius 3 is 1.31 bits per heavy atom. The van der Waals surface area contributed by atoms with Crippen LogP contribution in [-0.4, -0.2) is 276 Å². The minimum Gasteiger partial charge on any atom is -0.466 e. The normalized spacial score (nSPS) is 33.9. The Labute approximate surface area is 616 Å². The minimum atomic E-state index is -4.68. The summed E-state index contributed by atoms with van der Waals surface area (Å²) in [5, 5.41) is 106. The number of aliphatic hydroxyl groups excluding tert-OH is 4. The zero-order chi connectivity index (χ0) is 79.1. The molecule has 2 aromatic rings. The molecule has 13 N–H and O–H groups in total. The summed E-state index contributed by atoms with van der Waals surface area (Å²) in [5.41, 5.74) is -6.38. The zero-order valence-electron chi connectivity index (χ0n) is 61.7. The number of carbonyl (C=O) groups is 2. The van der Waals surface area contributed by atoms with E-state index >= 15 is 0 Å².